The van der Waals surface area contributed by atoms with Crippen molar-refractivity contribution in [2.24, 2.45) is 0 Å². The van der Waals surface area contributed by atoms with Crippen molar-refractivity contribution in [3.63, 3.8) is 0 Å². The lowest BCUT2D eigenvalue weighted by Crippen LogP contribution is -2.05. The lowest BCUT2D eigenvalue weighted by molar-refractivity contribution is 0.603. The molecule has 1 rings (SSSR count). The molecule has 0 N–H and O–H groups in total. The number of aryl methyl sites for hydroxylation is 1. The first-order valence-corrected chi connectivity index (χ1v) is 8.22. The summed E-state index contributed by atoms with van der Waals surface area (Å²) in [5.41, 5.74) is 0.818. The Morgan fingerprint density at radius 1 is 1.44 bits per heavy atom. The molecule has 0 aliphatic rings. The summed E-state index contributed by atoms with van der Waals surface area (Å²) < 4.78 is 21.8. The molecule has 0 spiro atoms. The van der Waals surface area contributed by atoms with E-state index in [-0.39, 0.29) is 5.75 Å². The monoisotopic (exact) mass is 280 g/mol. The molecular weight excluding hydrogens is 268 g/mol. The predicted octanol–water partition coefficient (Wildman–Crippen LogP) is 1.72. The fraction of sp³-hybridized carbons (Fsp3) is 0.556. The van der Waals surface area contributed by atoms with Crippen LogP contribution in [0.2, 0.25) is 5.15 Å². The lowest BCUT2D eigenvalue weighted by atomic mass is 10.4. The van der Waals surface area contributed by atoms with Gasteiger partial charge in [-0.3, -0.25) is 0 Å². The third-order valence-electron chi connectivity index (χ3n) is 1.70. The molecule has 0 aliphatic heterocycles. The van der Waals surface area contributed by atoms with Crippen LogP contribution in [0.15, 0.2) is 6.07 Å². The number of rotatable bonds is 5. The van der Waals surface area contributed by atoms with Gasteiger partial charge >= 0.3 is 0 Å². The minimum Gasteiger partial charge on any atom is -0.237 e. The molecule has 90 valence electrons. The number of hydrogen-bond donors (Lipinski definition) is 0. The normalized spacial score (nSPS) is 11.7. The maximum Gasteiger partial charge on any atom is 0.148 e. The maximum absolute atomic E-state index is 10.9. The van der Waals surface area contributed by atoms with Crippen molar-refractivity contribution in [2.45, 2.75) is 12.7 Å². The summed E-state index contributed by atoms with van der Waals surface area (Å²) in [7, 11) is -2.88. The molecule has 0 radical (unpaired) electrons. The van der Waals surface area contributed by atoms with E-state index >= 15 is 0 Å². The number of thioether (sulfide) groups is 1. The summed E-state index contributed by atoms with van der Waals surface area (Å²) in [6.07, 6.45) is 1.23. The van der Waals surface area contributed by atoms with Crippen LogP contribution in [0.3, 0.4) is 0 Å². The van der Waals surface area contributed by atoms with Gasteiger partial charge in [-0.05, 0) is 13.0 Å². The first-order chi connectivity index (χ1) is 7.37. The predicted molar refractivity (Wildman–Crippen MR) is 67.7 cm³/mol. The lowest BCUT2D eigenvalue weighted by Gasteiger charge is -2.02. The van der Waals surface area contributed by atoms with Crippen LogP contribution in [0, 0.1) is 6.92 Å². The average Bonchev–Trinajstić information content (AvgIpc) is 2.09. The van der Waals surface area contributed by atoms with Gasteiger partial charge in [0.15, 0.2) is 0 Å². The van der Waals surface area contributed by atoms with Crippen LogP contribution in [-0.4, -0.2) is 36.1 Å². The molecule has 1 aromatic rings. The number of hydrogen-bond acceptors (Lipinski definition) is 5. The fourth-order valence-electron chi connectivity index (χ4n) is 1.03. The molecule has 0 aromatic carbocycles. The zero-order chi connectivity index (χ0) is 12.2. The van der Waals surface area contributed by atoms with E-state index in [4.69, 9.17) is 11.6 Å². The van der Waals surface area contributed by atoms with Gasteiger partial charge in [0.05, 0.1) is 11.5 Å². The SMILES string of the molecule is Cc1cc(Cl)nc(CSCCS(C)(=O)=O)n1. The molecule has 0 saturated heterocycles. The zero-order valence-corrected chi connectivity index (χ0v) is 11.5. The molecule has 1 aromatic heterocycles. The first kappa shape index (κ1) is 13.7. The van der Waals surface area contributed by atoms with Crippen LogP contribution in [0.5, 0.6) is 0 Å². The molecule has 0 atom stereocenters. The van der Waals surface area contributed by atoms with Gasteiger partial charge in [-0.15, -0.1) is 0 Å². The van der Waals surface area contributed by atoms with Gasteiger partial charge in [0.1, 0.15) is 20.8 Å². The third-order valence-corrected chi connectivity index (χ3v) is 4.05. The molecule has 4 nitrogen and oxygen atoms in total. The minimum atomic E-state index is -2.88. The highest BCUT2D eigenvalue weighted by atomic mass is 35.5. The standard InChI is InChI=1S/C9H13ClN2O2S2/c1-7-5-8(10)12-9(11-7)6-15-3-4-16(2,13)14/h5H,3-4,6H2,1-2H3. The van der Waals surface area contributed by atoms with Gasteiger partial charge in [0.2, 0.25) is 0 Å². The maximum atomic E-state index is 10.9. The molecule has 16 heavy (non-hydrogen) atoms. The van der Waals surface area contributed by atoms with Crippen LogP contribution in [-0.2, 0) is 15.6 Å². The van der Waals surface area contributed by atoms with Crippen molar-refractivity contribution in [1.82, 2.24) is 9.97 Å². The van der Waals surface area contributed by atoms with Gasteiger partial charge in [-0.2, -0.15) is 11.8 Å². The van der Waals surface area contributed by atoms with E-state index in [2.05, 4.69) is 9.97 Å². The van der Waals surface area contributed by atoms with Crippen LogP contribution < -0.4 is 0 Å². The molecule has 0 fully saturated rings. The molecule has 0 bridgehead atoms. The summed E-state index contributed by atoms with van der Waals surface area (Å²) in [5, 5.41) is 0.422. The minimum absolute atomic E-state index is 0.178. The van der Waals surface area contributed by atoms with Crippen molar-refractivity contribution in [2.75, 3.05) is 17.8 Å². The summed E-state index contributed by atoms with van der Waals surface area (Å²) in [6.45, 7) is 1.85. The van der Waals surface area contributed by atoms with Gasteiger partial charge in [0.25, 0.3) is 0 Å². The van der Waals surface area contributed by atoms with Gasteiger partial charge < -0.3 is 0 Å². The highest BCUT2D eigenvalue weighted by molar-refractivity contribution is 7.99. The summed E-state index contributed by atoms with van der Waals surface area (Å²) in [4.78, 5) is 8.25. The van der Waals surface area contributed by atoms with Crippen LogP contribution >= 0.6 is 23.4 Å². The van der Waals surface area contributed by atoms with Crippen molar-refractivity contribution in [1.29, 1.82) is 0 Å². The summed E-state index contributed by atoms with van der Waals surface area (Å²) in [6, 6.07) is 1.69. The van der Waals surface area contributed by atoms with Crippen molar-refractivity contribution >= 4 is 33.2 Å². The smallest absolute Gasteiger partial charge is 0.148 e. The molecular formula is C9H13ClN2O2S2. The van der Waals surface area contributed by atoms with Crippen LogP contribution in [0.1, 0.15) is 11.5 Å². The van der Waals surface area contributed by atoms with Gasteiger partial charge in [-0.1, -0.05) is 11.6 Å². The highest BCUT2D eigenvalue weighted by Crippen LogP contribution is 2.12. The highest BCUT2D eigenvalue weighted by Gasteiger charge is 2.04. The Labute approximate surface area is 105 Å². The first-order valence-electron chi connectivity index (χ1n) is 4.62. The van der Waals surface area contributed by atoms with E-state index < -0.39 is 9.84 Å². The van der Waals surface area contributed by atoms with E-state index in [1.165, 1.54) is 18.0 Å². The molecule has 0 amide bonds. The Kier molecular flexibility index (Phi) is 5.01. The van der Waals surface area contributed by atoms with E-state index in [9.17, 15) is 8.42 Å². The topological polar surface area (TPSA) is 59.9 Å². The van der Waals surface area contributed by atoms with E-state index in [1.807, 2.05) is 6.92 Å². The number of aromatic nitrogens is 2. The molecule has 7 heteroatoms. The summed E-state index contributed by atoms with van der Waals surface area (Å²) >= 11 is 7.27. The van der Waals surface area contributed by atoms with Gasteiger partial charge in [0, 0.05) is 17.7 Å². The van der Waals surface area contributed by atoms with Crippen molar-refractivity contribution in [3.05, 3.63) is 22.7 Å². The Morgan fingerprint density at radius 3 is 2.69 bits per heavy atom. The third kappa shape index (κ3) is 5.67. The second-order valence-electron chi connectivity index (χ2n) is 3.43. The Bertz CT molecular complexity index is 442. The Hall–Kier alpha value is -0.330. The number of sulfone groups is 1. The van der Waals surface area contributed by atoms with Crippen LogP contribution in [0.25, 0.3) is 0 Å². The van der Waals surface area contributed by atoms with E-state index in [1.54, 1.807) is 6.07 Å². The Morgan fingerprint density at radius 2 is 2.12 bits per heavy atom. The van der Waals surface area contributed by atoms with E-state index in [0.717, 1.165) is 5.69 Å². The quantitative estimate of drug-likeness (QED) is 0.607. The molecule has 0 aliphatic carbocycles. The molecule has 0 saturated carbocycles. The number of nitrogens with zero attached hydrogens (tertiary/aromatic N) is 2. The van der Waals surface area contributed by atoms with E-state index in [0.29, 0.717) is 22.5 Å². The second kappa shape index (κ2) is 5.84. The van der Waals surface area contributed by atoms with Crippen LogP contribution in [0.4, 0.5) is 0 Å². The zero-order valence-electron chi connectivity index (χ0n) is 9.10. The summed E-state index contributed by atoms with van der Waals surface area (Å²) in [5.74, 6) is 1.95. The largest absolute Gasteiger partial charge is 0.237 e. The Balaban J connectivity index is 2.43. The molecule has 0 unspecified atom stereocenters. The average molecular weight is 281 g/mol. The second-order valence-corrected chi connectivity index (χ2v) is 7.18. The van der Waals surface area contributed by atoms with Gasteiger partial charge in [-0.25, -0.2) is 18.4 Å². The van der Waals surface area contributed by atoms with Crippen molar-refractivity contribution < 1.29 is 8.42 Å². The van der Waals surface area contributed by atoms with Crippen molar-refractivity contribution in [3.8, 4) is 0 Å². The number of halogens is 1. The molecule has 1 heterocycles. The fourth-order valence-corrected chi connectivity index (χ4v) is 3.42.